The van der Waals surface area contributed by atoms with Crippen LogP contribution in [0.1, 0.15) is 37.5 Å². The van der Waals surface area contributed by atoms with Crippen molar-refractivity contribution in [1.82, 2.24) is 10.0 Å². The lowest BCUT2D eigenvalue weighted by molar-refractivity contribution is 0.575. The van der Waals surface area contributed by atoms with Crippen LogP contribution in [-0.2, 0) is 16.6 Å². The molecule has 0 aromatic carbocycles. The van der Waals surface area contributed by atoms with Gasteiger partial charge in [0.25, 0.3) is 0 Å². The topological polar surface area (TPSA) is 58.2 Å². The zero-order valence-corrected chi connectivity index (χ0v) is 12.9. The Labute approximate surface area is 119 Å². The Bertz CT molecular complexity index is 492. The van der Waals surface area contributed by atoms with Gasteiger partial charge in [0.15, 0.2) is 0 Å². The SMILES string of the molecule is CCCNCc1cc(S(=O)(=O)NCCC2CC2)cs1. The molecule has 0 bridgehead atoms. The van der Waals surface area contributed by atoms with E-state index in [1.807, 2.05) is 0 Å². The van der Waals surface area contributed by atoms with E-state index in [0.29, 0.717) is 11.4 Å². The smallest absolute Gasteiger partial charge is 0.241 e. The average molecular weight is 302 g/mol. The van der Waals surface area contributed by atoms with Gasteiger partial charge in [-0.1, -0.05) is 19.8 Å². The lowest BCUT2D eigenvalue weighted by atomic mass is 10.3. The fraction of sp³-hybridized carbons (Fsp3) is 0.692. The molecule has 2 N–H and O–H groups in total. The first-order valence-corrected chi connectivity index (χ1v) is 9.26. The molecule has 108 valence electrons. The van der Waals surface area contributed by atoms with Gasteiger partial charge in [-0.2, -0.15) is 0 Å². The Kier molecular flexibility index (Phi) is 5.38. The van der Waals surface area contributed by atoms with Crippen molar-refractivity contribution < 1.29 is 8.42 Å². The van der Waals surface area contributed by atoms with Gasteiger partial charge in [-0.15, -0.1) is 11.3 Å². The molecule has 1 aliphatic rings. The second-order valence-corrected chi connectivity index (χ2v) is 7.82. The van der Waals surface area contributed by atoms with Crippen LogP contribution in [-0.4, -0.2) is 21.5 Å². The van der Waals surface area contributed by atoms with Gasteiger partial charge in [-0.05, 0) is 31.4 Å². The average Bonchev–Trinajstić information content (AvgIpc) is 3.05. The van der Waals surface area contributed by atoms with Gasteiger partial charge in [0.1, 0.15) is 0 Å². The molecule has 0 saturated heterocycles. The summed E-state index contributed by atoms with van der Waals surface area (Å²) in [5.41, 5.74) is 0. The number of sulfonamides is 1. The molecule has 1 aromatic heterocycles. The molecule has 19 heavy (non-hydrogen) atoms. The van der Waals surface area contributed by atoms with Crippen LogP contribution < -0.4 is 10.0 Å². The van der Waals surface area contributed by atoms with E-state index >= 15 is 0 Å². The molecule has 1 aromatic rings. The third-order valence-electron chi connectivity index (χ3n) is 3.21. The molecular formula is C13H22N2O2S2. The van der Waals surface area contributed by atoms with E-state index in [2.05, 4.69) is 17.0 Å². The molecule has 0 spiro atoms. The first-order valence-electron chi connectivity index (χ1n) is 6.89. The minimum Gasteiger partial charge on any atom is -0.312 e. The van der Waals surface area contributed by atoms with Crippen LogP contribution in [0.15, 0.2) is 16.3 Å². The Morgan fingerprint density at radius 3 is 2.84 bits per heavy atom. The molecule has 6 heteroatoms. The number of thiophene rings is 1. The van der Waals surface area contributed by atoms with Gasteiger partial charge in [0, 0.05) is 23.3 Å². The van der Waals surface area contributed by atoms with Crippen molar-refractivity contribution in [3.63, 3.8) is 0 Å². The maximum Gasteiger partial charge on any atom is 0.241 e. The fourth-order valence-corrected chi connectivity index (χ4v) is 4.16. The predicted molar refractivity (Wildman–Crippen MR) is 78.8 cm³/mol. The third kappa shape index (κ3) is 4.87. The molecule has 2 rings (SSSR count). The monoisotopic (exact) mass is 302 g/mol. The van der Waals surface area contributed by atoms with Crippen LogP contribution in [0.3, 0.4) is 0 Å². The van der Waals surface area contributed by atoms with Crippen molar-refractivity contribution in [3.8, 4) is 0 Å². The summed E-state index contributed by atoms with van der Waals surface area (Å²) in [6, 6.07) is 1.77. The number of rotatable bonds is 9. The van der Waals surface area contributed by atoms with Crippen LogP contribution in [0.25, 0.3) is 0 Å². The highest BCUT2D eigenvalue weighted by molar-refractivity contribution is 7.89. The highest BCUT2D eigenvalue weighted by Crippen LogP contribution is 2.31. The highest BCUT2D eigenvalue weighted by atomic mass is 32.2. The first-order chi connectivity index (χ1) is 9.12. The van der Waals surface area contributed by atoms with Gasteiger partial charge in [-0.3, -0.25) is 0 Å². The summed E-state index contributed by atoms with van der Waals surface area (Å²) >= 11 is 1.50. The molecule has 0 unspecified atom stereocenters. The molecule has 0 radical (unpaired) electrons. The van der Waals surface area contributed by atoms with E-state index in [1.54, 1.807) is 11.4 Å². The van der Waals surface area contributed by atoms with Crippen LogP contribution >= 0.6 is 11.3 Å². The van der Waals surface area contributed by atoms with Gasteiger partial charge in [0.2, 0.25) is 10.0 Å². The van der Waals surface area contributed by atoms with Crippen LogP contribution in [0, 0.1) is 5.92 Å². The lowest BCUT2D eigenvalue weighted by Crippen LogP contribution is -2.24. The van der Waals surface area contributed by atoms with Crippen molar-refractivity contribution in [3.05, 3.63) is 16.3 Å². The summed E-state index contributed by atoms with van der Waals surface area (Å²) in [4.78, 5) is 1.47. The Morgan fingerprint density at radius 1 is 1.37 bits per heavy atom. The minimum absolute atomic E-state index is 0.404. The van der Waals surface area contributed by atoms with Gasteiger partial charge >= 0.3 is 0 Å². The molecule has 0 amide bonds. The summed E-state index contributed by atoms with van der Waals surface area (Å²) in [5, 5.41) is 5.00. The standard InChI is InChI=1S/C13H22N2O2S2/c1-2-6-14-9-12-8-13(10-18-12)19(16,17)15-7-5-11-3-4-11/h8,10-11,14-15H,2-7,9H2,1H3. The van der Waals surface area contributed by atoms with Gasteiger partial charge < -0.3 is 5.32 Å². The van der Waals surface area contributed by atoms with E-state index in [1.165, 1.54) is 24.2 Å². The van der Waals surface area contributed by atoms with E-state index in [0.717, 1.165) is 36.7 Å². The van der Waals surface area contributed by atoms with E-state index in [9.17, 15) is 8.42 Å². The maximum atomic E-state index is 12.1. The van der Waals surface area contributed by atoms with Crippen molar-refractivity contribution in [2.45, 2.75) is 44.0 Å². The summed E-state index contributed by atoms with van der Waals surface area (Å²) in [6.07, 6.45) is 4.56. The summed E-state index contributed by atoms with van der Waals surface area (Å²) in [7, 11) is -3.31. The molecule has 1 fully saturated rings. The Hall–Kier alpha value is -0.430. The van der Waals surface area contributed by atoms with Crippen LogP contribution in [0.2, 0.25) is 0 Å². The largest absolute Gasteiger partial charge is 0.312 e. The molecule has 1 heterocycles. The lowest BCUT2D eigenvalue weighted by Gasteiger charge is -2.04. The van der Waals surface area contributed by atoms with Gasteiger partial charge in [-0.25, -0.2) is 13.1 Å². The molecule has 0 aliphatic heterocycles. The predicted octanol–water partition coefficient (Wildman–Crippen LogP) is 2.33. The van der Waals surface area contributed by atoms with Crippen LogP contribution in [0.5, 0.6) is 0 Å². The molecular weight excluding hydrogens is 280 g/mol. The quantitative estimate of drug-likeness (QED) is 0.688. The van der Waals surface area contributed by atoms with Crippen molar-refractivity contribution in [2.24, 2.45) is 5.92 Å². The highest BCUT2D eigenvalue weighted by Gasteiger charge is 2.22. The minimum atomic E-state index is -3.31. The van der Waals surface area contributed by atoms with Crippen molar-refractivity contribution in [2.75, 3.05) is 13.1 Å². The summed E-state index contributed by atoms with van der Waals surface area (Å²) in [5.74, 6) is 0.749. The number of nitrogens with one attached hydrogen (secondary N) is 2. The van der Waals surface area contributed by atoms with Crippen LogP contribution in [0.4, 0.5) is 0 Å². The Morgan fingerprint density at radius 2 is 2.16 bits per heavy atom. The molecule has 1 aliphatic carbocycles. The zero-order chi connectivity index (χ0) is 13.7. The molecule has 0 atom stereocenters. The normalized spacial score (nSPS) is 15.8. The molecule has 1 saturated carbocycles. The number of hydrogen-bond donors (Lipinski definition) is 2. The number of hydrogen-bond acceptors (Lipinski definition) is 4. The van der Waals surface area contributed by atoms with E-state index in [-0.39, 0.29) is 0 Å². The second kappa shape index (κ2) is 6.83. The fourth-order valence-electron chi connectivity index (χ4n) is 1.87. The van der Waals surface area contributed by atoms with Gasteiger partial charge in [0.05, 0.1) is 4.90 Å². The first kappa shape index (κ1) is 15.0. The van der Waals surface area contributed by atoms with Crippen molar-refractivity contribution in [1.29, 1.82) is 0 Å². The van der Waals surface area contributed by atoms with E-state index in [4.69, 9.17) is 0 Å². The summed E-state index contributed by atoms with van der Waals surface area (Å²) < 4.78 is 26.8. The second-order valence-electron chi connectivity index (χ2n) is 5.06. The zero-order valence-electron chi connectivity index (χ0n) is 11.3. The summed E-state index contributed by atoms with van der Waals surface area (Å²) in [6.45, 7) is 4.38. The Balaban J connectivity index is 1.84. The third-order valence-corrected chi connectivity index (χ3v) is 5.73. The van der Waals surface area contributed by atoms with E-state index < -0.39 is 10.0 Å². The van der Waals surface area contributed by atoms with Crippen molar-refractivity contribution >= 4 is 21.4 Å². The molecule has 4 nitrogen and oxygen atoms in total. The maximum absolute atomic E-state index is 12.1.